The van der Waals surface area contributed by atoms with Crippen LogP contribution in [0.25, 0.3) is 10.8 Å². The molecule has 2 saturated carbocycles. The highest BCUT2D eigenvalue weighted by Crippen LogP contribution is 2.53. The van der Waals surface area contributed by atoms with Crippen LogP contribution in [0.15, 0.2) is 49.2 Å². The molecule has 3 aromatic rings. The molecule has 52 heavy (non-hydrogen) atoms. The molecule has 1 aromatic carbocycles. The van der Waals surface area contributed by atoms with Crippen molar-refractivity contribution in [2.24, 2.45) is 11.3 Å². The summed E-state index contributed by atoms with van der Waals surface area (Å²) in [5, 5.41) is 7.02. The SMILES string of the molecule is C=C[C@@H]1C[C@@]1(C(=O)NS(=O)(=O)C1CC1)N1C[C@H](Oc2ncc(OC)c3ccc(Cl)cc23)C[C@H]1C(=O)NC(=O)[C@H](Nc1cc(C)nc(C)c1)C(C)(C)C. The Kier molecular flexibility index (Phi) is 10.0. The highest BCUT2D eigenvalue weighted by Gasteiger charge is 2.67. The number of fused-ring (bicyclic) bond motifs is 1. The number of nitrogens with zero attached hydrogens (tertiary/aromatic N) is 3. The van der Waals surface area contributed by atoms with Gasteiger partial charge in [0.15, 0.2) is 0 Å². The summed E-state index contributed by atoms with van der Waals surface area (Å²) in [7, 11) is -2.37. The second-order valence-electron chi connectivity index (χ2n) is 15.0. The number of likely N-dealkylation sites (tertiary alicyclic amines) is 1. The highest BCUT2D eigenvalue weighted by molar-refractivity contribution is 7.91. The topological polar surface area (TPSA) is 169 Å². The first-order valence-corrected chi connectivity index (χ1v) is 19.2. The summed E-state index contributed by atoms with van der Waals surface area (Å²) in [4.78, 5) is 52.8. The van der Waals surface area contributed by atoms with Gasteiger partial charge in [-0.25, -0.2) is 13.4 Å². The summed E-state index contributed by atoms with van der Waals surface area (Å²) in [6.07, 6.45) is 3.68. The lowest BCUT2D eigenvalue weighted by Crippen LogP contribution is -2.59. The number of halogens is 1. The third-order valence-electron chi connectivity index (χ3n) is 9.98. The molecule has 0 spiro atoms. The third-order valence-corrected chi connectivity index (χ3v) is 12.0. The average molecular weight is 753 g/mol. The zero-order chi connectivity index (χ0) is 37.7. The van der Waals surface area contributed by atoms with Crippen molar-refractivity contribution in [1.29, 1.82) is 0 Å². The zero-order valence-electron chi connectivity index (χ0n) is 30.2. The number of anilines is 1. The Morgan fingerprint density at radius 1 is 1.12 bits per heavy atom. The summed E-state index contributed by atoms with van der Waals surface area (Å²) in [5.74, 6) is -1.62. The van der Waals surface area contributed by atoms with Gasteiger partial charge in [0.2, 0.25) is 27.7 Å². The van der Waals surface area contributed by atoms with Crippen LogP contribution in [0, 0.1) is 25.2 Å². The molecule has 1 aliphatic heterocycles. The van der Waals surface area contributed by atoms with Crippen molar-refractivity contribution in [2.75, 3.05) is 19.0 Å². The third kappa shape index (κ3) is 7.46. The van der Waals surface area contributed by atoms with Crippen LogP contribution in [0.3, 0.4) is 0 Å². The Bertz CT molecular complexity index is 2030. The maximum atomic E-state index is 14.3. The number of benzene rings is 1. The van der Waals surface area contributed by atoms with Gasteiger partial charge in [0.1, 0.15) is 23.4 Å². The largest absolute Gasteiger partial charge is 0.494 e. The molecule has 3 fully saturated rings. The van der Waals surface area contributed by atoms with Crippen molar-refractivity contribution in [2.45, 2.75) is 89.3 Å². The van der Waals surface area contributed by atoms with Crippen LogP contribution >= 0.6 is 11.6 Å². The number of nitrogens with one attached hydrogen (secondary N) is 3. The van der Waals surface area contributed by atoms with Crippen molar-refractivity contribution in [3.8, 4) is 11.6 Å². The first-order valence-electron chi connectivity index (χ1n) is 17.3. The van der Waals surface area contributed by atoms with E-state index < -0.39 is 68.1 Å². The molecule has 6 rings (SSSR count). The molecule has 0 unspecified atom stereocenters. The Hall–Kier alpha value is -4.27. The molecule has 5 atom stereocenters. The maximum absolute atomic E-state index is 14.3. The van der Waals surface area contributed by atoms with Gasteiger partial charge in [-0.1, -0.05) is 38.4 Å². The van der Waals surface area contributed by atoms with Crippen molar-refractivity contribution in [3.05, 3.63) is 65.6 Å². The predicted molar refractivity (Wildman–Crippen MR) is 198 cm³/mol. The monoisotopic (exact) mass is 752 g/mol. The van der Waals surface area contributed by atoms with Gasteiger partial charge in [-0.15, -0.1) is 6.58 Å². The van der Waals surface area contributed by atoms with E-state index in [-0.39, 0.29) is 25.3 Å². The Morgan fingerprint density at radius 2 is 1.81 bits per heavy atom. The van der Waals surface area contributed by atoms with Crippen molar-refractivity contribution in [1.82, 2.24) is 24.9 Å². The fraction of sp³-hybridized carbons (Fsp3) is 0.486. The van der Waals surface area contributed by atoms with E-state index in [9.17, 15) is 22.8 Å². The van der Waals surface area contributed by atoms with Gasteiger partial charge < -0.3 is 14.8 Å². The Labute approximate surface area is 308 Å². The number of aromatic nitrogens is 2. The zero-order valence-corrected chi connectivity index (χ0v) is 31.7. The van der Waals surface area contributed by atoms with Gasteiger partial charge >= 0.3 is 0 Å². The fourth-order valence-corrected chi connectivity index (χ4v) is 8.67. The molecule has 3 aliphatic rings. The lowest BCUT2D eigenvalue weighted by atomic mass is 9.85. The van der Waals surface area contributed by atoms with Crippen LogP contribution in [0.5, 0.6) is 11.6 Å². The standard InChI is InChI=1S/C37H45ClN6O7S/c1-8-22-17-37(22,35(47)43-52(48,49)26-10-11-26)44-19-25(51-34-28-15-23(38)9-12-27(28)30(50-7)18-39-34)16-29(44)32(45)42-33(46)31(36(4,5)6)41-24-13-20(2)40-21(3)14-24/h8-9,12-15,18,22,25-26,29,31H,1,10-11,16-17,19H2,2-7H3,(H,40,41)(H,43,47)(H,42,45,46)/t22-,25-,29+,31+,37-/m1/s1. The molecular weight excluding hydrogens is 708 g/mol. The highest BCUT2D eigenvalue weighted by atomic mass is 35.5. The number of aryl methyl sites for hydroxylation is 2. The number of rotatable bonds is 12. The summed E-state index contributed by atoms with van der Waals surface area (Å²) in [6.45, 7) is 13.3. The fourth-order valence-electron chi connectivity index (χ4n) is 7.14. The molecule has 3 heterocycles. The van der Waals surface area contributed by atoms with Crippen LogP contribution in [0.2, 0.25) is 5.02 Å². The normalized spacial score (nSPS) is 23.8. The minimum atomic E-state index is -3.90. The Balaban J connectivity index is 1.32. The predicted octanol–water partition coefficient (Wildman–Crippen LogP) is 4.45. The number of amides is 3. The molecule has 2 aromatic heterocycles. The molecule has 278 valence electrons. The summed E-state index contributed by atoms with van der Waals surface area (Å²) in [5.41, 5.74) is 0.200. The van der Waals surface area contributed by atoms with Gasteiger partial charge in [-0.05, 0) is 68.9 Å². The van der Waals surface area contributed by atoms with Crippen LogP contribution in [0.1, 0.15) is 57.8 Å². The number of carbonyl (C=O) groups excluding carboxylic acids is 3. The second-order valence-corrected chi connectivity index (χ2v) is 17.4. The van der Waals surface area contributed by atoms with E-state index in [1.807, 2.05) is 46.8 Å². The first-order chi connectivity index (χ1) is 24.5. The molecule has 2 aliphatic carbocycles. The lowest BCUT2D eigenvalue weighted by Gasteiger charge is -2.34. The number of imide groups is 1. The van der Waals surface area contributed by atoms with Crippen molar-refractivity contribution >= 4 is 55.8 Å². The summed E-state index contributed by atoms with van der Waals surface area (Å²) >= 11 is 6.35. The maximum Gasteiger partial charge on any atom is 0.254 e. The van der Waals surface area contributed by atoms with E-state index in [4.69, 9.17) is 21.1 Å². The average Bonchev–Trinajstić information content (AvgIpc) is 3.99. The molecule has 13 nitrogen and oxygen atoms in total. The number of methoxy groups -OCH3 is 1. The van der Waals surface area contributed by atoms with Crippen LogP contribution in [-0.4, -0.2) is 83.6 Å². The summed E-state index contributed by atoms with van der Waals surface area (Å²) in [6, 6.07) is 6.99. The lowest BCUT2D eigenvalue weighted by molar-refractivity contribution is -0.136. The second kappa shape index (κ2) is 13.9. The van der Waals surface area contributed by atoms with E-state index >= 15 is 0 Å². The van der Waals surface area contributed by atoms with Crippen LogP contribution in [0.4, 0.5) is 5.69 Å². The van der Waals surface area contributed by atoms with Gasteiger partial charge in [0.05, 0.1) is 24.6 Å². The smallest absolute Gasteiger partial charge is 0.254 e. The van der Waals surface area contributed by atoms with Crippen molar-refractivity contribution < 1.29 is 32.3 Å². The quantitative estimate of drug-likeness (QED) is 0.224. The van der Waals surface area contributed by atoms with E-state index in [0.29, 0.717) is 40.1 Å². The van der Waals surface area contributed by atoms with E-state index in [0.717, 1.165) is 11.4 Å². The summed E-state index contributed by atoms with van der Waals surface area (Å²) < 4.78 is 40.1. The van der Waals surface area contributed by atoms with Gasteiger partial charge in [-0.3, -0.25) is 34.3 Å². The van der Waals surface area contributed by atoms with Gasteiger partial charge in [-0.2, -0.15) is 0 Å². The molecule has 15 heteroatoms. The molecule has 3 amide bonds. The molecule has 0 bridgehead atoms. The van der Waals surface area contributed by atoms with E-state index in [1.165, 1.54) is 13.3 Å². The number of sulfonamides is 1. The van der Waals surface area contributed by atoms with Crippen molar-refractivity contribution in [3.63, 3.8) is 0 Å². The molecule has 0 radical (unpaired) electrons. The van der Waals surface area contributed by atoms with Gasteiger partial charge in [0.25, 0.3) is 5.91 Å². The van der Waals surface area contributed by atoms with Gasteiger partial charge in [0, 0.05) is 51.8 Å². The molecule has 1 saturated heterocycles. The molecular formula is C37H45ClN6O7S. The Morgan fingerprint density at radius 3 is 2.40 bits per heavy atom. The number of carbonyl (C=O) groups is 3. The number of hydrogen-bond acceptors (Lipinski definition) is 11. The number of pyridine rings is 2. The number of hydrogen-bond donors (Lipinski definition) is 3. The number of ether oxygens (including phenoxy) is 2. The van der Waals surface area contributed by atoms with E-state index in [1.54, 1.807) is 29.2 Å². The minimum Gasteiger partial charge on any atom is -0.494 e. The van der Waals surface area contributed by atoms with Crippen LogP contribution < -0.4 is 24.8 Å². The molecule has 3 N–H and O–H groups in total. The van der Waals surface area contributed by atoms with E-state index in [2.05, 4.69) is 31.9 Å². The van der Waals surface area contributed by atoms with Crippen LogP contribution in [-0.2, 0) is 24.4 Å². The first kappa shape index (κ1) is 37.5. The minimum absolute atomic E-state index is 0.0554.